The van der Waals surface area contributed by atoms with E-state index in [0.717, 1.165) is 46.7 Å². The molecule has 0 fully saturated rings. The van der Waals surface area contributed by atoms with Crippen molar-refractivity contribution >= 4 is 34.8 Å². The summed E-state index contributed by atoms with van der Waals surface area (Å²) < 4.78 is 0. The number of H-pyrrole nitrogens is 2. The summed E-state index contributed by atoms with van der Waals surface area (Å²) in [5.41, 5.74) is 13.4. The van der Waals surface area contributed by atoms with Gasteiger partial charge in [-0.15, -0.1) is 0 Å². The van der Waals surface area contributed by atoms with Crippen molar-refractivity contribution < 1.29 is 0 Å². The van der Waals surface area contributed by atoms with E-state index in [2.05, 4.69) is 155 Å². The summed E-state index contributed by atoms with van der Waals surface area (Å²) in [4.78, 5) is 8.69. The fourth-order valence-corrected chi connectivity index (χ4v) is 9.06. The maximum Gasteiger partial charge on any atom is 0.118 e. The van der Waals surface area contributed by atoms with Crippen LogP contribution in [-0.2, 0) is 23.7 Å². The van der Waals surface area contributed by atoms with E-state index in [0.29, 0.717) is 0 Å². The Balaban J connectivity index is 0.000000138. The van der Waals surface area contributed by atoms with Gasteiger partial charge in [-0.1, -0.05) is 91.0 Å². The van der Waals surface area contributed by atoms with E-state index in [1.807, 2.05) is 36.7 Å². The number of aromatic amines is 2. The van der Waals surface area contributed by atoms with Crippen LogP contribution in [0, 0.1) is 0 Å². The lowest BCUT2D eigenvalue weighted by molar-refractivity contribution is 0.623. The molecule has 0 spiro atoms. The smallest absolute Gasteiger partial charge is 0.118 e. The highest BCUT2D eigenvalue weighted by atomic mass is 32.1. The van der Waals surface area contributed by atoms with Gasteiger partial charge >= 0.3 is 0 Å². The second kappa shape index (κ2) is 13.6. The lowest BCUT2D eigenvalue weighted by Crippen LogP contribution is -2.30. The molecule has 2 aliphatic carbocycles. The SMILES string of the molecule is C1=CC(c2ccccc2)(c2ccsc2)Cc2[nH]nc(-c3ccccn3)c21.C1=CC(c2ccccc2)(c2ccsc2)Cc2[nH]nc(-c3cccnc3)c21. The molecule has 252 valence electrons. The molecule has 0 amide bonds. The maximum absolute atomic E-state index is 4.59. The summed E-state index contributed by atoms with van der Waals surface area (Å²) in [7, 11) is 0. The number of rotatable bonds is 6. The molecular weight excluding hydrogens is 677 g/mol. The zero-order chi connectivity index (χ0) is 34.8. The molecule has 0 bridgehead atoms. The number of nitrogens with one attached hydrogen (secondary N) is 2. The molecule has 2 aliphatic rings. The highest BCUT2D eigenvalue weighted by Crippen LogP contribution is 2.45. The van der Waals surface area contributed by atoms with E-state index in [9.17, 15) is 0 Å². The van der Waals surface area contributed by atoms with Gasteiger partial charge in [0.15, 0.2) is 0 Å². The van der Waals surface area contributed by atoms with Crippen LogP contribution in [0.3, 0.4) is 0 Å². The molecule has 2 N–H and O–H groups in total. The molecule has 6 heterocycles. The molecule has 8 aromatic rings. The molecule has 2 atom stereocenters. The van der Waals surface area contributed by atoms with Gasteiger partial charge < -0.3 is 0 Å². The van der Waals surface area contributed by atoms with Crippen molar-refractivity contribution in [2.45, 2.75) is 23.7 Å². The van der Waals surface area contributed by atoms with E-state index in [1.54, 1.807) is 28.9 Å². The number of allylic oxidation sites excluding steroid dienone is 2. The first-order valence-corrected chi connectivity index (χ1v) is 19.1. The number of benzene rings is 2. The molecule has 0 aliphatic heterocycles. The van der Waals surface area contributed by atoms with Gasteiger partial charge in [0.1, 0.15) is 11.4 Å². The predicted octanol–water partition coefficient (Wildman–Crippen LogP) is 10.2. The van der Waals surface area contributed by atoms with Crippen molar-refractivity contribution in [2.75, 3.05) is 0 Å². The van der Waals surface area contributed by atoms with Crippen molar-refractivity contribution in [3.05, 3.63) is 200 Å². The molecule has 52 heavy (non-hydrogen) atoms. The monoisotopic (exact) mass is 710 g/mol. The van der Waals surface area contributed by atoms with Crippen molar-refractivity contribution in [1.82, 2.24) is 30.4 Å². The van der Waals surface area contributed by atoms with E-state index in [-0.39, 0.29) is 10.8 Å². The Kier molecular flexibility index (Phi) is 8.39. The average molecular weight is 711 g/mol. The predicted molar refractivity (Wildman–Crippen MR) is 212 cm³/mol. The number of aromatic nitrogens is 6. The number of fused-ring (bicyclic) bond motifs is 2. The van der Waals surface area contributed by atoms with Crippen molar-refractivity contribution in [2.24, 2.45) is 0 Å². The van der Waals surface area contributed by atoms with Crippen molar-refractivity contribution in [3.8, 4) is 22.6 Å². The Hall–Kier alpha value is -5.96. The first-order chi connectivity index (χ1) is 25.7. The molecule has 2 unspecified atom stereocenters. The molecule has 10 rings (SSSR count). The fourth-order valence-electron chi connectivity index (χ4n) is 7.58. The molecular formula is C44H34N6S2. The van der Waals surface area contributed by atoms with Crippen LogP contribution in [0.5, 0.6) is 0 Å². The summed E-state index contributed by atoms with van der Waals surface area (Å²) in [6.45, 7) is 0. The van der Waals surface area contributed by atoms with Gasteiger partial charge in [-0.25, -0.2) is 0 Å². The normalized spacial score (nSPS) is 18.6. The minimum absolute atomic E-state index is 0.160. The lowest BCUT2D eigenvalue weighted by atomic mass is 9.69. The number of nitrogens with zero attached hydrogens (tertiary/aromatic N) is 4. The molecule has 0 saturated heterocycles. The number of thiophene rings is 2. The quantitative estimate of drug-likeness (QED) is 0.180. The first kappa shape index (κ1) is 32.0. The molecule has 2 aromatic carbocycles. The fraction of sp³-hybridized carbons (Fsp3) is 0.0909. The van der Waals surface area contributed by atoms with Crippen LogP contribution in [0.4, 0.5) is 0 Å². The Bertz CT molecular complexity index is 2270. The minimum atomic E-state index is -0.165. The van der Waals surface area contributed by atoms with Crippen LogP contribution in [0.15, 0.2) is 155 Å². The zero-order valence-corrected chi connectivity index (χ0v) is 29.8. The number of pyridine rings is 2. The largest absolute Gasteiger partial charge is 0.281 e. The van der Waals surface area contributed by atoms with Crippen LogP contribution >= 0.6 is 22.7 Å². The van der Waals surface area contributed by atoms with Gasteiger partial charge in [-0.05, 0) is 80.2 Å². The van der Waals surface area contributed by atoms with E-state index in [1.165, 1.54) is 33.5 Å². The van der Waals surface area contributed by atoms with E-state index >= 15 is 0 Å². The van der Waals surface area contributed by atoms with Gasteiger partial charge in [-0.2, -0.15) is 32.9 Å². The summed E-state index contributed by atoms with van der Waals surface area (Å²) in [5, 5.41) is 24.5. The Labute approximate surface area is 310 Å². The molecule has 0 radical (unpaired) electrons. The van der Waals surface area contributed by atoms with Gasteiger partial charge in [-0.3, -0.25) is 20.2 Å². The van der Waals surface area contributed by atoms with E-state index < -0.39 is 0 Å². The van der Waals surface area contributed by atoms with Gasteiger partial charge in [0.05, 0.1) is 5.69 Å². The van der Waals surface area contributed by atoms with Crippen LogP contribution in [-0.4, -0.2) is 30.4 Å². The standard InChI is InChI=1S/2C22H17N3S/c1-2-6-17(7-3-1)22(18-9-12-26-15-18)10-8-19-20(13-22)24-25-21(19)16-5-4-11-23-14-16;1-2-6-16(7-3-1)22(17-10-13-26-15-17)11-9-18-20(14-22)24-25-21(18)19-8-4-5-12-23-19/h1-12,14-15H,13H2,(H,24,25);1-13,15H,14H2,(H,24,25). The highest BCUT2D eigenvalue weighted by Gasteiger charge is 2.38. The second-order valence-corrected chi connectivity index (χ2v) is 14.7. The highest BCUT2D eigenvalue weighted by molar-refractivity contribution is 7.08. The van der Waals surface area contributed by atoms with Crippen LogP contribution in [0.1, 0.15) is 44.8 Å². The number of hydrogen-bond acceptors (Lipinski definition) is 6. The average Bonchev–Trinajstić information content (AvgIpc) is 4.07. The first-order valence-electron chi connectivity index (χ1n) is 17.2. The van der Waals surface area contributed by atoms with Crippen LogP contribution < -0.4 is 0 Å². The zero-order valence-electron chi connectivity index (χ0n) is 28.2. The van der Waals surface area contributed by atoms with Crippen LogP contribution in [0.2, 0.25) is 0 Å². The number of hydrogen-bond donors (Lipinski definition) is 2. The molecule has 6 nitrogen and oxygen atoms in total. The topological polar surface area (TPSA) is 83.1 Å². The third-order valence-electron chi connectivity index (χ3n) is 10.2. The van der Waals surface area contributed by atoms with Crippen molar-refractivity contribution in [1.29, 1.82) is 0 Å². The second-order valence-electron chi connectivity index (χ2n) is 13.1. The van der Waals surface area contributed by atoms with Gasteiger partial charge in [0.25, 0.3) is 0 Å². The Morgan fingerprint density at radius 1 is 0.538 bits per heavy atom. The van der Waals surface area contributed by atoms with Gasteiger partial charge in [0, 0.05) is 70.3 Å². The summed E-state index contributed by atoms with van der Waals surface area (Å²) in [5.74, 6) is 0. The van der Waals surface area contributed by atoms with Crippen LogP contribution in [0.25, 0.3) is 34.8 Å². The summed E-state index contributed by atoms with van der Waals surface area (Å²) >= 11 is 3.48. The summed E-state index contributed by atoms with van der Waals surface area (Å²) in [6, 6.07) is 35.8. The van der Waals surface area contributed by atoms with Gasteiger partial charge in [0.2, 0.25) is 0 Å². The lowest BCUT2D eigenvalue weighted by Gasteiger charge is -2.33. The third-order valence-corrected chi connectivity index (χ3v) is 11.6. The molecule has 6 aromatic heterocycles. The Morgan fingerprint density at radius 2 is 1.12 bits per heavy atom. The molecule has 8 heteroatoms. The third kappa shape index (κ3) is 5.66. The summed E-state index contributed by atoms with van der Waals surface area (Å²) in [6.07, 6.45) is 16.3. The van der Waals surface area contributed by atoms with E-state index in [4.69, 9.17) is 0 Å². The van der Waals surface area contributed by atoms with Crippen molar-refractivity contribution in [3.63, 3.8) is 0 Å². The Morgan fingerprint density at radius 3 is 1.63 bits per heavy atom. The minimum Gasteiger partial charge on any atom is -0.281 e. The maximum atomic E-state index is 4.59. The molecule has 0 saturated carbocycles.